The minimum absolute atomic E-state index is 0.00992. The van der Waals surface area contributed by atoms with E-state index in [0.29, 0.717) is 5.69 Å². The van der Waals surface area contributed by atoms with Gasteiger partial charge in [0.1, 0.15) is 5.82 Å². The molecular weight excluding hydrogens is 367 g/mol. The van der Waals surface area contributed by atoms with E-state index in [-0.39, 0.29) is 11.3 Å². The number of nitrogen functional groups attached to an aromatic ring is 1. The second kappa shape index (κ2) is 7.23. The van der Waals surface area contributed by atoms with Gasteiger partial charge >= 0.3 is 5.97 Å². The molecule has 5 nitrogen and oxygen atoms in total. The summed E-state index contributed by atoms with van der Waals surface area (Å²) < 4.78 is 18.5. The van der Waals surface area contributed by atoms with Crippen LogP contribution in [0.5, 0.6) is 0 Å². The molecule has 0 saturated carbocycles. The predicted octanol–water partition coefficient (Wildman–Crippen LogP) is 3.27. The van der Waals surface area contributed by atoms with Gasteiger partial charge in [-0.25, -0.2) is 9.18 Å². The molecule has 0 spiro atoms. The summed E-state index contributed by atoms with van der Waals surface area (Å²) in [7, 11) is 0. The van der Waals surface area contributed by atoms with Crippen LogP contribution in [-0.2, 0) is 9.53 Å². The average Bonchev–Trinajstić information content (AvgIpc) is 2.48. The van der Waals surface area contributed by atoms with Crippen molar-refractivity contribution in [3.05, 3.63) is 57.8 Å². The molecule has 0 fully saturated rings. The van der Waals surface area contributed by atoms with Crippen molar-refractivity contribution in [1.29, 1.82) is 0 Å². The monoisotopic (exact) mass is 380 g/mol. The second-order valence-electron chi connectivity index (χ2n) is 4.84. The number of halogens is 2. The van der Waals surface area contributed by atoms with Crippen LogP contribution in [0.15, 0.2) is 40.9 Å². The molecule has 7 heteroatoms. The number of carbonyl (C=O) groups is 2. The molecule has 0 aliphatic carbocycles. The number of nitrogens with two attached hydrogens (primary N) is 1. The molecule has 23 heavy (non-hydrogen) atoms. The van der Waals surface area contributed by atoms with Crippen molar-refractivity contribution in [2.75, 3.05) is 17.7 Å². The smallest absolute Gasteiger partial charge is 0.340 e. The largest absolute Gasteiger partial charge is 0.452 e. The van der Waals surface area contributed by atoms with Crippen LogP contribution in [0.1, 0.15) is 15.9 Å². The van der Waals surface area contributed by atoms with Crippen LogP contribution >= 0.6 is 15.9 Å². The number of ether oxygens (including phenoxy) is 1. The highest BCUT2D eigenvalue weighted by Crippen LogP contribution is 2.23. The molecule has 0 aliphatic heterocycles. The Morgan fingerprint density at radius 3 is 2.65 bits per heavy atom. The molecule has 0 unspecified atom stereocenters. The number of amides is 1. The Hall–Kier alpha value is -2.41. The van der Waals surface area contributed by atoms with Gasteiger partial charge in [-0.3, -0.25) is 4.79 Å². The van der Waals surface area contributed by atoms with E-state index in [9.17, 15) is 14.0 Å². The fourth-order valence-electron chi connectivity index (χ4n) is 1.84. The van der Waals surface area contributed by atoms with Crippen LogP contribution in [0.4, 0.5) is 15.8 Å². The summed E-state index contributed by atoms with van der Waals surface area (Å²) in [6.07, 6.45) is 0. The third-order valence-electron chi connectivity index (χ3n) is 2.97. The number of aryl methyl sites for hydroxylation is 1. The second-order valence-corrected chi connectivity index (χ2v) is 5.69. The van der Waals surface area contributed by atoms with E-state index < -0.39 is 24.3 Å². The standard InChI is InChI=1S/C16H14BrFN2O3/c1-9-2-5-14(12(17)6-9)20-15(21)8-23-16(22)11-4-3-10(18)7-13(11)19/h2-7H,8,19H2,1H3,(H,20,21). The molecule has 0 heterocycles. The maximum Gasteiger partial charge on any atom is 0.340 e. The molecule has 0 radical (unpaired) electrons. The molecular formula is C16H14BrFN2O3. The SMILES string of the molecule is Cc1ccc(NC(=O)COC(=O)c2ccc(F)cc2N)c(Br)c1. The van der Waals surface area contributed by atoms with Gasteiger partial charge in [-0.1, -0.05) is 6.07 Å². The number of esters is 1. The summed E-state index contributed by atoms with van der Waals surface area (Å²) in [6.45, 7) is 1.45. The molecule has 2 aromatic carbocycles. The number of nitrogens with one attached hydrogen (secondary N) is 1. The summed E-state index contributed by atoms with van der Waals surface area (Å²) >= 11 is 3.33. The molecule has 0 aromatic heterocycles. The minimum Gasteiger partial charge on any atom is -0.452 e. The maximum absolute atomic E-state index is 12.9. The summed E-state index contributed by atoms with van der Waals surface area (Å²) in [5.41, 5.74) is 7.11. The average molecular weight is 381 g/mol. The number of benzene rings is 2. The predicted molar refractivity (Wildman–Crippen MR) is 88.6 cm³/mol. The van der Waals surface area contributed by atoms with Gasteiger partial charge in [-0.05, 0) is 58.7 Å². The summed E-state index contributed by atoms with van der Waals surface area (Å²) in [6, 6.07) is 8.74. The third kappa shape index (κ3) is 4.53. The Bertz CT molecular complexity index is 765. The highest BCUT2D eigenvalue weighted by Gasteiger charge is 2.14. The Balaban J connectivity index is 1.94. The molecule has 3 N–H and O–H groups in total. The Morgan fingerprint density at radius 2 is 2.00 bits per heavy atom. The molecule has 2 aromatic rings. The number of carbonyl (C=O) groups excluding carboxylic acids is 2. The van der Waals surface area contributed by atoms with Crippen molar-refractivity contribution >= 4 is 39.2 Å². The number of anilines is 2. The van der Waals surface area contributed by atoms with Crippen LogP contribution in [-0.4, -0.2) is 18.5 Å². The first-order chi connectivity index (χ1) is 10.9. The zero-order chi connectivity index (χ0) is 17.0. The summed E-state index contributed by atoms with van der Waals surface area (Å²) in [5, 5.41) is 2.61. The van der Waals surface area contributed by atoms with Crippen molar-refractivity contribution in [3.63, 3.8) is 0 Å². The van der Waals surface area contributed by atoms with Crippen molar-refractivity contribution in [3.8, 4) is 0 Å². The van der Waals surface area contributed by atoms with Crippen LogP contribution < -0.4 is 11.1 Å². The highest BCUT2D eigenvalue weighted by atomic mass is 79.9. The lowest BCUT2D eigenvalue weighted by Crippen LogP contribution is -2.21. The molecule has 120 valence electrons. The Labute approximate surface area is 140 Å². The van der Waals surface area contributed by atoms with E-state index in [4.69, 9.17) is 10.5 Å². The van der Waals surface area contributed by atoms with Crippen molar-refractivity contribution in [2.24, 2.45) is 0 Å². The molecule has 2 rings (SSSR count). The maximum atomic E-state index is 12.9. The minimum atomic E-state index is -0.791. The zero-order valence-electron chi connectivity index (χ0n) is 12.2. The molecule has 1 amide bonds. The van der Waals surface area contributed by atoms with E-state index in [1.807, 2.05) is 19.1 Å². The van der Waals surface area contributed by atoms with E-state index in [2.05, 4.69) is 21.2 Å². The zero-order valence-corrected chi connectivity index (χ0v) is 13.8. The molecule has 0 bridgehead atoms. The first kappa shape index (κ1) is 17.0. The van der Waals surface area contributed by atoms with E-state index in [0.717, 1.165) is 22.2 Å². The van der Waals surface area contributed by atoms with Crippen LogP contribution in [0.3, 0.4) is 0 Å². The van der Waals surface area contributed by atoms with E-state index in [1.165, 1.54) is 6.07 Å². The quantitative estimate of drug-likeness (QED) is 0.629. The first-order valence-corrected chi connectivity index (χ1v) is 7.44. The van der Waals surface area contributed by atoms with Gasteiger partial charge in [0, 0.05) is 10.2 Å². The van der Waals surface area contributed by atoms with Gasteiger partial charge in [0.15, 0.2) is 6.61 Å². The molecule has 0 aliphatic rings. The third-order valence-corrected chi connectivity index (χ3v) is 3.62. The van der Waals surface area contributed by atoms with Crippen molar-refractivity contribution < 1.29 is 18.7 Å². The van der Waals surface area contributed by atoms with Crippen molar-refractivity contribution in [1.82, 2.24) is 0 Å². The lowest BCUT2D eigenvalue weighted by Gasteiger charge is -2.09. The van der Waals surface area contributed by atoms with E-state index in [1.54, 1.807) is 6.07 Å². The fourth-order valence-corrected chi connectivity index (χ4v) is 2.43. The van der Waals surface area contributed by atoms with Crippen LogP contribution in [0.2, 0.25) is 0 Å². The lowest BCUT2D eigenvalue weighted by atomic mass is 10.2. The number of hydrogen-bond donors (Lipinski definition) is 2. The van der Waals surface area contributed by atoms with Crippen molar-refractivity contribution in [2.45, 2.75) is 6.92 Å². The lowest BCUT2D eigenvalue weighted by molar-refractivity contribution is -0.119. The van der Waals surface area contributed by atoms with Gasteiger partial charge in [0.05, 0.1) is 11.3 Å². The molecule has 0 atom stereocenters. The first-order valence-electron chi connectivity index (χ1n) is 6.65. The highest BCUT2D eigenvalue weighted by molar-refractivity contribution is 9.10. The summed E-state index contributed by atoms with van der Waals surface area (Å²) in [4.78, 5) is 23.7. The van der Waals surface area contributed by atoms with Gasteiger partial charge < -0.3 is 15.8 Å². The molecule has 0 saturated heterocycles. The normalized spacial score (nSPS) is 10.2. The van der Waals surface area contributed by atoms with Crippen LogP contribution in [0.25, 0.3) is 0 Å². The topological polar surface area (TPSA) is 81.4 Å². The van der Waals surface area contributed by atoms with Gasteiger partial charge in [-0.15, -0.1) is 0 Å². The van der Waals surface area contributed by atoms with Crippen LogP contribution in [0, 0.1) is 12.7 Å². The summed E-state index contributed by atoms with van der Waals surface area (Å²) in [5.74, 6) is -1.84. The van der Waals surface area contributed by atoms with Gasteiger partial charge in [-0.2, -0.15) is 0 Å². The van der Waals surface area contributed by atoms with E-state index >= 15 is 0 Å². The fraction of sp³-hybridized carbons (Fsp3) is 0.125. The number of rotatable bonds is 4. The number of hydrogen-bond acceptors (Lipinski definition) is 4. The Kier molecular flexibility index (Phi) is 5.33. The van der Waals surface area contributed by atoms with Gasteiger partial charge in [0.2, 0.25) is 0 Å². The Morgan fingerprint density at radius 1 is 1.26 bits per heavy atom. The van der Waals surface area contributed by atoms with Gasteiger partial charge in [0.25, 0.3) is 5.91 Å².